The molecule has 2 aliphatic rings. The van der Waals surface area contributed by atoms with Gasteiger partial charge in [0.1, 0.15) is 0 Å². The number of hydrogen-bond acceptors (Lipinski definition) is 2. The van der Waals surface area contributed by atoms with Crippen molar-refractivity contribution in [2.45, 2.75) is 65.6 Å². The summed E-state index contributed by atoms with van der Waals surface area (Å²) in [5.41, 5.74) is 9.33. The summed E-state index contributed by atoms with van der Waals surface area (Å²) in [6, 6.07) is 3.94. The number of allylic oxidation sites excluding steroid dienone is 7. The van der Waals surface area contributed by atoms with Gasteiger partial charge in [0.05, 0.1) is 11.6 Å². The van der Waals surface area contributed by atoms with E-state index in [1.54, 1.807) is 13.0 Å². The fourth-order valence-corrected chi connectivity index (χ4v) is 4.65. The lowest BCUT2D eigenvalue weighted by Crippen LogP contribution is -2.23. The molecular formula is C30H35F3N2O. The van der Waals surface area contributed by atoms with Crippen LogP contribution in [0.25, 0.3) is 0 Å². The standard InChI is InChI=1S/C30H35F3N2O/c1-5-22-10-6-7-11-24(17-22)27(29(34)36)14-13-23-12-8-9-20(3)28(35-21(23)4)25-15-19(2)16-26(18-25)30(31,32)33/h6-8,11-12,14-18,20-21,23H,5,9-10,13H2,1-4H3,(H2,34,36). The summed E-state index contributed by atoms with van der Waals surface area (Å²) in [5.74, 6) is -0.530. The van der Waals surface area contributed by atoms with E-state index in [9.17, 15) is 18.0 Å². The number of carbonyl (C=O) groups excluding carboxylic acids is 1. The third-order valence-corrected chi connectivity index (χ3v) is 6.78. The van der Waals surface area contributed by atoms with E-state index in [1.807, 2.05) is 38.2 Å². The van der Waals surface area contributed by atoms with Gasteiger partial charge in [0, 0.05) is 23.1 Å². The van der Waals surface area contributed by atoms with Crippen LogP contribution in [0.5, 0.6) is 0 Å². The third kappa shape index (κ3) is 6.96. The van der Waals surface area contributed by atoms with E-state index in [-0.39, 0.29) is 17.9 Å². The summed E-state index contributed by atoms with van der Waals surface area (Å²) >= 11 is 0. The van der Waals surface area contributed by atoms with Crippen LogP contribution >= 0.6 is 0 Å². The molecule has 0 aromatic heterocycles. The second kappa shape index (κ2) is 11.7. The largest absolute Gasteiger partial charge is 0.416 e. The Bertz CT molecular complexity index is 1170. The molecule has 1 aromatic carbocycles. The maximum Gasteiger partial charge on any atom is 0.416 e. The highest BCUT2D eigenvalue weighted by Gasteiger charge is 2.32. The first-order chi connectivity index (χ1) is 17.0. The van der Waals surface area contributed by atoms with Gasteiger partial charge in [0.25, 0.3) is 0 Å². The minimum atomic E-state index is -4.41. The van der Waals surface area contributed by atoms with Crippen molar-refractivity contribution in [3.05, 3.63) is 94.1 Å². The molecule has 36 heavy (non-hydrogen) atoms. The highest BCUT2D eigenvalue weighted by atomic mass is 19.4. The smallest absolute Gasteiger partial charge is 0.366 e. The molecule has 192 valence electrons. The Balaban J connectivity index is 1.93. The molecule has 3 unspecified atom stereocenters. The number of rotatable bonds is 6. The van der Waals surface area contributed by atoms with Crippen LogP contribution in [0, 0.1) is 18.8 Å². The predicted molar refractivity (Wildman–Crippen MR) is 141 cm³/mol. The van der Waals surface area contributed by atoms with E-state index in [0.29, 0.717) is 35.3 Å². The number of alkyl halides is 3. The molecule has 6 heteroatoms. The highest BCUT2D eigenvalue weighted by molar-refractivity contribution is 6.02. The summed E-state index contributed by atoms with van der Waals surface area (Å²) in [7, 11) is 0. The van der Waals surface area contributed by atoms with Crippen LogP contribution in [-0.2, 0) is 11.0 Å². The molecule has 3 atom stereocenters. The van der Waals surface area contributed by atoms with E-state index < -0.39 is 17.6 Å². The van der Waals surface area contributed by atoms with Crippen molar-refractivity contribution in [3.8, 4) is 0 Å². The van der Waals surface area contributed by atoms with E-state index in [2.05, 4.69) is 25.2 Å². The van der Waals surface area contributed by atoms with Crippen molar-refractivity contribution in [3.63, 3.8) is 0 Å². The first-order valence-corrected chi connectivity index (χ1v) is 12.5. The molecule has 1 amide bonds. The van der Waals surface area contributed by atoms with E-state index in [0.717, 1.165) is 24.5 Å². The fourth-order valence-electron chi connectivity index (χ4n) is 4.65. The first-order valence-electron chi connectivity index (χ1n) is 12.5. The second-order valence-corrected chi connectivity index (χ2v) is 9.70. The Morgan fingerprint density at radius 3 is 2.61 bits per heavy atom. The molecule has 1 aromatic rings. The third-order valence-electron chi connectivity index (χ3n) is 6.78. The van der Waals surface area contributed by atoms with Crippen molar-refractivity contribution < 1.29 is 18.0 Å². The lowest BCUT2D eigenvalue weighted by molar-refractivity contribution is -0.137. The molecule has 0 saturated heterocycles. The Kier molecular flexibility index (Phi) is 8.93. The van der Waals surface area contributed by atoms with Gasteiger partial charge < -0.3 is 5.73 Å². The fraction of sp³-hybridized carbons (Fsp3) is 0.400. The van der Waals surface area contributed by atoms with Gasteiger partial charge in [-0.2, -0.15) is 13.2 Å². The normalized spacial score (nSPS) is 23.2. The Morgan fingerprint density at radius 1 is 1.19 bits per heavy atom. The van der Waals surface area contributed by atoms with Gasteiger partial charge >= 0.3 is 6.18 Å². The molecule has 0 spiro atoms. The number of amides is 1. The molecule has 0 radical (unpaired) electrons. The number of hydrogen-bond donors (Lipinski definition) is 1. The number of nitrogens with zero attached hydrogens (tertiary/aromatic N) is 1. The summed E-state index contributed by atoms with van der Waals surface area (Å²) in [4.78, 5) is 17.3. The molecule has 2 N–H and O–H groups in total. The molecule has 1 heterocycles. The molecule has 3 rings (SSSR count). The lowest BCUT2D eigenvalue weighted by Gasteiger charge is -2.24. The van der Waals surface area contributed by atoms with Crippen molar-refractivity contribution in [1.82, 2.24) is 0 Å². The lowest BCUT2D eigenvalue weighted by atomic mass is 9.87. The van der Waals surface area contributed by atoms with Gasteiger partial charge in [-0.3, -0.25) is 9.79 Å². The van der Waals surface area contributed by atoms with Gasteiger partial charge in [0.2, 0.25) is 5.91 Å². The van der Waals surface area contributed by atoms with Gasteiger partial charge in [-0.05, 0) is 68.4 Å². The van der Waals surface area contributed by atoms with Crippen LogP contribution in [0.4, 0.5) is 13.2 Å². The average Bonchev–Trinajstić information content (AvgIpc) is 3.05. The molecule has 0 bridgehead atoms. The van der Waals surface area contributed by atoms with Crippen LogP contribution in [0.15, 0.2) is 82.4 Å². The number of primary amides is 1. The quantitative estimate of drug-likeness (QED) is 0.323. The predicted octanol–water partition coefficient (Wildman–Crippen LogP) is 7.43. The molecule has 0 saturated carbocycles. The maximum atomic E-state index is 13.5. The molecule has 3 nitrogen and oxygen atoms in total. The number of aliphatic imine (C=N–C) groups is 1. The maximum absolute atomic E-state index is 13.5. The van der Waals surface area contributed by atoms with E-state index in [1.165, 1.54) is 11.6 Å². The zero-order valence-electron chi connectivity index (χ0n) is 21.4. The van der Waals surface area contributed by atoms with Crippen LogP contribution in [0.2, 0.25) is 0 Å². The topological polar surface area (TPSA) is 55.4 Å². The zero-order chi connectivity index (χ0) is 26.5. The second-order valence-electron chi connectivity index (χ2n) is 9.70. The number of benzene rings is 1. The van der Waals surface area contributed by atoms with Gasteiger partial charge in [-0.15, -0.1) is 0 Å². The van der Waals surface area contributed by atoms with E-state index >= 15 is 0 Å². The Morgan fingerprint density at radius 2 is 1.94 bits per heavy atom. The Hall–Kier alpha value is -3.15. The van der Waals surface area contributed by atoms with Crippen LogP contribution < -0.4 is 5.73 Å². The zero-order valence-corrected chi connectivity index (χ0v) is 21.4. The van der Waals surface area contributed by atoms with Crippen molar-refractivity contribution in [1.29, 1.82) is 0 Å². The van der Waals surface area contributed by atoms with Crippen LogP contribution in [0.3, 0.4) is 0 Å². The van der Waals surface area contributed by atoms with Gasteiger partial charge in [-0.1, -0.05) is 68.0 Å². The van der Waals surface area contributed by atoms with Crippen LogP contribution in [-0.4, -0.2) is 17.7 Å². The summed E-state index contributed by atoms with van der Waals surface area (Å²) < 4.78 is 40.4. The summed E-state index contributed by atoms with van der Waals surface area (Å²) in [6.07, 6.45) is 12.5. The van der Waals surface area contributed by atoms with Gasteiger partial charge in [0.15, 0.2) is 0 Å². The van der Waals surface area contributed by atoms with Crippen molar-refractivity contribution in [2.75, 3.05) is 0 Å². The molecular weight excluding hydrogens is 461 g/mol. The van der Waals surface area contributed by atoms with Gasteiger partial charge in [-0.25, -0.2) is 0 Å². The summed E-state index contributed by atoms with van der Waals surface area (Å²) in [5, 5.41) is 0. The number of aryl methyl sites for hydroxylation is 1. The number of nitrogens with two attached hydrogens (primary N) is 1. The van der Waals surface area contributed by atoms with E-state index in [4.69, 9.17) is 10.7 Å². The molecule has 1 aliphatic carbocycles. The van der Waals surface area contributed by atoms with Crippen LogP contribution in [0.1, 0.15) is 63.1 Å². The molecule has 0 fully saturated rings. The SMILES string of the molecule is CCC1=CC(C(=CCC2C=CCC(C)C(c3cc(C)cc(C(F)(F)F)c3)=NC2C)C(N)=O)=CC=CC1. The minimum absolute atomic E-state index is 0.0229. The minimum Gasteiger partial charge on any atom is -0.366 e. The van der Waals surface area contributed by atoms with Crippen molar-refractivity contribution in [2.24, 2.45) is 22.6 Å². The first kappa shape index (κ1) is 27.4. The number of halogens is 3. The summed E-state index contributed by atoms with van der Waals surface area (Å²) in [6.45, 7) is 7.71. The molecule has 1 aliphatic heterocycles. The number of carbonyl (C=O) groups is 1. The Labute approximate surface area is 212 Å². The highest BCUT2D eigenvalue weighted by Crippen LogP contribution is 2.32. The van der Waals surface area contributed by atoms with Crippen molar-refractivity contribution >= 4 is 11.6 Å². The average molecular weight is 497 g/mol. The monoisotopic (exact) mass is 496 g/mol.